The number of likely N-dealkylation sites (tertiary alicyclic amines) is 1. The summed E-state index contributed by atoms with van der Waals surface area (Å²) in [6.45, 7) is 4.24. The first kappa shape index (κ1) is 19.6. The van der Waals surface area contributed by atoms with E-state index in [2.05, 4.69) is 25.4 Å². The Bertz CT molecular complexity index is 873. The molecule has 2 aromatic heterocycles. The molecule has 2 aromatic rings. The van der Waals surface area contributed by atoms with E-state index in [9.17, 15) is 9.59 Å². The fourth-order valence-electron chi connectivity index (χ4n) is 3.62. The monoisotopic (exact) mass is 397 g/mol. The van der Waals surface area contributed by atoms with E-state index in [-0.39, 0.29) is 23.4 Å². The van der Waals surface area contributed by atoms with Gasteiger partial charge in [-0.05, 0) is 63.3 Å². The van der Waals surface area contributed by atoms with Crippen molar-refractivity contribution in [2.75, 3.05) is 25.0 Å². The van der Waals surface area contributed by atoms with Crippen LogP contribution in [-0.2, 0) is 4.79 Å². The van der Waals surface area contributed by atoms with Crippen LogP contribution in [0.2, 0.25) is 0 Å². The lowest BCUT2D eigenvalue weighted by Gasteiger charge is -2.35. The molecule has 29 heavy (non-hydrogen) atoms. The van der Waals surface area contributed by atoms with Crippen molar-refractivity contribution in [2.24, 2.45) is 5.92 Å². The van der Waals surface area contributed by atoms with E-state index in [0.29, 0.717) is 11.7 Å². The molecule has 1 unspecified atom stereocenters. The first-order valence-corrected chi connectivity index (χ1v) is 10.3. The van der Waals surface area contributed by atoms with Crippen LogP contribution in [0.5, 0.6) is 5.75 Å². The van der Waals surface area contributed by atoms with Crippen LogP contribution in [0.25, 0.3) is 0 Å². The van der Waals surface area contributed by atoms with Gasteiger partial charge >= 0.3 is 0 Å². The summed E-state index contributed by atoms with van der Waals surface area (Å²) >= 11 is 0. The molecular weight excluding hydrogens is 370 g/mol. The number of hydrogen-bond acceptors (Lipinski definition) is 6. The van der Waals surface area contributed by atoms with Crippen LogP contribution in [0.3, 0.4) is 0 Å². The van der Waals surface area contributed by atoms with Crippen molar-refractivity contribution in [3.05, 3.63) is 46.5 Å². The molecule has 1 amide bonds. The van der Waals surface area contributed by atoms with Crippen molar-refractivity contribution >= 4 is 11.7 Å². The molecule has 2 aliphatic rings. The normalized spacial score (nSPS) is 20.8. The molecule has 0 bridgehead atoms. The molecule has 3 heterocycles. The zero-order valence-electron chi connectivity index (χ0n) is 16.6. The van der Waals surface area contributed by atoms with Gasteiger partial charge in [0.2, 0.25) is 5.91 Å². The number of carbonyl (C=O) groups excluding carboxylic acids is 1. The molecule has 0 radical (unpaired) electrons. The number of piperidine rings is 1. The second-order valence-electron chi connectivity index (χ2n) is 7.98. The number of pyridine rings is 1. The highest BCUT2D eigenvalue weighted by molar-refractivity contribution is 5.93. The standard InChI is InChI=1S/C21H27N5O3/c1-14(26-10-2-3-16(12-26)18-7-9-20(27)25-24-18)21(28)23-19-8-6-17(11-22-19)29-13-15-4-5-15/h6-9,11,14-16H,2-5,10,12-13H2,1H3,(H,25,27)(H,22,23,28)/t14?,16-/m1/s1. The lowest BCUT2D eigenvalue weighted by Crippen LogP contribution is -2.46. The maximum absolute atomic E-state index is 12.7. The highest BCUT2D eigenvalue weighted by Crippen LogP contribution is 2.29. The summed E-state index contributed by atoms with van der Waals surface area (Å²) in [6, 6.07) is 6.60. The highest BCUT2D eigenvalue weighted by Gasteiger charge is 2.29. The van der Waals surface area contributed by atoms with E-state index in [0.717, 1.165) is 44.0 Å². The minimum Gasteiger partial charge on any atom is -0.492 e. The summed E-state index contributed by atoms with van der Waals surface area (Å²) in [5, 5.41) is 9.55. The lowest BCUT2D eigenvalue weighted by molar-refractivity contribution is -0.121. The highest BCUT2D eigenvalue weighted by atomic mass is 16.5. The van der Waals surface area contributed by atoms with E-state index in [1.165, 1.54) is 18.9 Å². The summed E-state index contributed by atoms with van der Waals surface area (Å²) < 4.78 is 5.68. The Balaban J connectivity index is 1.31. The van der Waals surface area contributed by atoms with E-state index in [1.807, 2.05) is 13.0 Å². The van der Waals surface area contributed by atoms with Crippen molar-refractivity contribution in [3.63, 3.8) is 0 Å². The van der Waals surface area contributed by atoms with Crippen molar-refractivity contribution in [3.8, 4) is 5.75 Å². The van der Waals surface area contributed by atoms with E-state index < -0.39 is 0 Å². The van der Waals surface area contributed by atoms with Gasteiger partial charge < -0.3 is 10.1 Å². The summed E-state index contributed by atoms with van der Waals surface area (Å²) in [6.07, 6.45) is 6.12. The van der Waals surface area contributed by atoms with Gasteiger partial charge in [-0.3, -0.25) is 14.5 Å². The lowest BCUT2D eigenvalue weighted by atomic mass is 9.93. The van der Waals surface area contributed by atoms with Gasteiger partial charge in [0.1, 0.15) is 11.6 Å². The van der Waals surface area contributed by atoms with Gasteiger partial charge in [0, 0.05) is 18.5 Å². The first-order chi connectivity index (χ1) is 14.1. The maximum atomic E-state index is 12.7. The Morgan fingerprint density at radius 2 is 2.17 bits per heavy atom. The molecule has 1 saturated heterocycles. The number of anilines is 1. The average Bonchev–Trinajstić information content (AvgIpc) is 3.58. The topological polar surface area (TPSA) is 100 Å². The van der Waals surface area contributed by atoms with Crippen LogP contribution in [0.1, 0.15) is 44.2 Å². The summed E-state index contributed by atoms with van der Waals surface area (Å²) in [5.41, 5.74) is 0.663. The fourth-order valence-corrected chi connectivity index (χ4v) is 3.62. The Morgan fingerprint density at radius 1 is 1.31 bits per heavy atom. The van der Waals surface area contributed by atoms with Gasteiger partial charge in [-0.1, -0.05) is 0 Å². The third-order valence-electron chi connectivity index (χ3n) is 5.67. The van der Waals surface area contributed by atoms with Gasteiger partial charge in [0.05, 0.1) is 24.5 Å². The molecule has 1 aliphatic carbocycles. The number of carbonyl (C=O) groups is 1. The minimum atomic E-state index is -0.284. The van der Waals surface area contributed by atoms with Crippen molar-refractivity contribution < 1.29 is 9.53 Å². The van der Waals surface area contributed by atoms with Gasteiger partial charge in [-0.25, -0.2) is 10.1 Å². The van der Waals surface area contributed by atoms with Crippen LogP contribution in [0.15, 0.2) is 35.3 Å². The molecule has 4 rings (SSSR count). The third kappa shape index (κ3) is 5.20. The van der Waals surface area contributed by atoms with E-state index in [1.54, 1.807) is 18.3 Å². The van der Waals surface area contributed by atoms with Gasteiger partial charge in [-0.15, -0.1) is 0 Å². The van der Waals surface area contributed by atoms with Crippen molar-refractivity contribution in [1.29, 1.82) is 0 Å². The van der Waals surface area contributed by atoms with Crippen LogP contribution in [-0.4, -0.2) is 51.7 Å². The molecule has 0 aromatic carbocycles. The van der Waals surface area contributed by atoms with Crippen LogP contribution >= 0.6 is 0 Å². The van der Waals surface area contributed by atoms with Gasteiger partial charge in [0.25, 0.3) is 5.56 Å². The number of hydrogen-bond donors (Lipinski definition) is 2. The molecule has 2 N–H and O–H groups in total. The molecule has 1 aliphatic heterocycles. The quantitative estimate of drug-likeness (QED) is 0.743. The molecule has 2 atom stereocenters. The Labute approximate surface area is 169 Å². The number of rotatable bonds is 7. The van der Waals surface area contributed by atoms with Crippen LogP contribution in [0, 0.1) is 5.92 Å². The smallest absolute Gasteiger partial charge is 0.264 e. The molecular formula is C21H27N5O3. The molecule has 8 heteroatoms. The Hall–Kier alpha value is -2.74. The predicted molar refractivity (Wildman–Crippen MR) is 109 cm³/mol. The largest absolute Gasteiger partial charge is 0.492 e. The van der Waals surface area contributed by atoms with Crippen molar-refractivity contribution in [2.45, 2.75) is 44.6 Å². The number of amides is 1. The van der Waals surface area contributed by atoms with E-state index >= 15 is 0 Å². The predicted octanol–water partition coefficient (Wildman–Crippen LogP) is 2.16. The molecule has 1 saturated carbocycles. The first-order valence-electron chi connectivity index (χ1n) is 10.3. The number of nitrogens with zero attached hydrogens (tertiary/aromatic N) is 3. The second kappa shape index (κ2) is 8.73. The minimum absolute atomic E-state index is 0.0840. The average molecular weight is 397 g/mol. The van der Waals surface area contributed by atoms with E-state index in [4.69, 9.17) is 4.74 Å². The number of ether oxygens (including phenoxy) is 1. The third-order valence-corrected chi connectivity index (χ3v) is 5.67. The SMILES string of the molecule is CC(C(=O)Nc1ccc(OCC2CC2)cn1)N1CCC[C@@H](c2ccc(=O)[nH]n2)C1. The Morgan fingerprint density at radius 3 is 2.86 bits per heavy atom. The Kier molecular flexibility index (Phi) is 5.89. The molecule has 2 fully saturated rings. The summed E-state index contributed by atoms with van der Waals surface area (Å²) in [4.78, 5) is 30.4. The zero-order valence-corrected chi connectivity index (χ0v) is 16.6. The van der Waals surface area contributed by atoms with Gasteiger partial charge in [-0.2, -0.15) is 5.10 Å². The van der Waals surface area contributed by atoms with Gasteiger partial charge in [0.15, 0.2) is 0 Å². The van der Waals surface area contributed by atoms with Crippen LogP contribution < -0.4 is 15.6 Å². The molecule has 8 nitrogen and oxygen atoms in total. The summed E-state index contributed by atoms with van der Waals surface area (Å²) in [7, 11) is 0. The fraction of sp³-hybridized carbons (Fsp3) is 0.524. The van der Waals surface area contributed by atoms with Crippen molar-refractivity contribution in [1.82, 2.24) is 20.1 Å². The second-order valence-corrected chi connectivity index (χ2v) is 7.98. The zero-order chi connectivity index (χ0) is 20.2. The number of aromatic amines is 1. The van der Waals surface area contributed by atoms with Crippen LogP contribution in [0.4, 0.5) is 5.82 Å². The molecule has 154 valence electrons. The number of H-pyrrole nitrogens is 1. The molecule has 0 spiro atoms. The summed E-state index contributed by atoms with van der Waals surface area (Å²) in [5.74, 6) is 2.07. The number of nitrogens with one attached hydrogen (secondary N) is 2. The number of aromatic nitrogens is 3. The maximum Gasteiger partial charge on any atom is 0.264 e.